The Morgan fingerprint density at radius 1 is 1.18 bits per heavy atom. The number of carbonyl (C=O) groups excluding carboxylic acids is 1. The summed E-state index contributed by atoms with van der Waals surface area (Å²) in [6, 6.07) is 7.17. The summed E-state index contributed by atoms with van der Waals surface area (Å²) in [5.74, 6) is 0.703. The molecule has 176 valence electrons. The Hall–Kier alpha value is -2.77. The molecule has 1 unspecified atom stereocenters. The Balaban J connectivity index is 1.47. The first kappa shape index (κ1) is 22.0. The van der Waals surface area contributed by atoms with Crippen molar-refractivity contribution in [1.29, 1.82) is 0 Å². The average Bonchev–Trinajstić information content (AvgIpc) is 2.99. The SMILES string of the molecule is C[C@@H]1CC[C@@H]2COc3cc(C(F)(F)F)ccc3[C@@H]2N1C(=O)C1CCCc2nc(N)ccc2C1. The third-order valence-electron chi connectivity index (χ3n) is 7.41. The minimum Gasteiger partial charge on any atom is -0.493 e. The quantitative estimate of drug-likeness (QED) is 0.614. The van der Waals surface area contributed by atoms with Crippen molar-refractivity contribution in [1.82, 2.24) is 9.88 Å². The number of pyridine rings is 1. The number of fused-ring (bicyclic) bond motifs is 4. The highest BCUT2D eigenvalue weighted by Gasteiger charge is 2.45. The van der Waals surface area contributed by atoms with Crippen LogP contribution in [0.5, 0.6) is 5.75 Å². The predicted molar refractivity (Wildman–Crippen MR) is 117 cm³/mol. The normalized spacial score (nSPS) is 27.0. The van der Waals surface area contributed by atoms with Gasteiger partial charge in [-0.3, -0.25) is 4.79 Å². The molecule has 33 heavy (non-hydrogen) atoms. The van der Waals surface area contributed by atoms with Gasteiger partial charge in [0.05, 0.1) is 18.2 Å². The number of nitrogens with two attached hydrogens (primary N) is 1. The summed E-state index contributed by atoms with van der Waals surface area (Å²) < 4.78 is 45.5. The largest absolute Gasteiger partial charge is 0.493 e. The number of aromatic nitrogens is 1. The van der Waals surface area contributed by atoms with Crippen molar-refractivity contribution in [3.05, 3.63) is 52.7 Å². The van der Waals surface area contributed by atoms with Crippen LogP contribution in [0.2, 0.25) is 0 Å². The second-order valence-corrected chi connectivity index (χ2v) is 9.57. The molecule has 8 heteroatoms. The summed E-state index contributed by atoms with van der Waals surface area (Å²) in [5.41, 5.74) is 7.83. The van der Waals surface area contributed by atoms with Crippen LogP contribution in [-0.2, 0) is 23.8 Å². The van der Waals surface area contributed by atoms with Crippen molar-refractivity contribution in [2.45, 2.75) is 63.7 Å². The molecular weight excluding hydrogens is 431 g/mol. The fourth-order valence-electron chi connectivity index (χ4n) is 5.72. The van der Waals surface area contributed by atoms with Crippen molar-refractivity contribution in [2.75, 3.05) is 12.3 Å². The summed E-state index contributed by atoms with van der Waals surface area (Å²) in [4.78, 5) is 20.4. The van der Waals surface area contributed by atoms with Crippen LogP contribution in [0.1, 0.15) is 61.0 Å². The number of piperidine rings is 1. The first-order valence-corrected chi connectivity index (χ1v) is 11.6. The molecule has 3 heterocycles. The van der Waals surface area contributed by atoms with E-state index in [2.05, 4.69) is 4.98 Å². The zero-order valence-corrected chi connectivity index (χ0v) is 18.6. The molecule has 0 saturated carbocycles. The van der Waals surface area contributed by atoms with Gasteiger partial charge >= 0.3 is 6.18 Å². The molecule has 4 atom stereocenters. The van der Waals surface area contributed by atoms with Crippen molar-refractivity contribution in [2.24, 2.45) is 11.8 Å². The molecule has 1 aromatic carbocycles. The molecule has 1 aromatic heterocycles. The van der Waals surface area contributed by atoms with Crippen LogP contribution in [0.3, 0.4) is 0 Å². The zero-order valence-electron chi connectivity index (χ0n) is 18.6. The first-order chi connectivity index (χ1) is 15.7. The van der Waals surface area contributed by atoms with Crippen LogP contribution in [0.15, 0.2) is 30.3 Å². The number of hydrogen-bond acceptors (Lipinski definition) is 4. The molecule has 0 radical (unpaired) electrons. The average molecular weight is 460 g/mol. The number of ether oxygens (including phenoxy) is 1. The Morgan fingerprint density at radius 3 is 2.79 bits per heavy atom. The number of rotatable bonds is 1. The molecule has 0 spiro atoms. The number of hydrogen-bond donors (Lipinski definition) is 1. The number of benzene rings is 1. The minimum atomic E-state index is -4.43. The van der Waals surface area contributed by atoms with E-state index in [-0.39, 0.29) is 35.6 Å². The molecule has 5 nitrogen and oxygen atoms in total. The minimum absolute atomic E-state index is 0.0132. The van der Waals surface area contributed by atoms with Crippen LogP contribution >= 0.6 is 0 Å². The van der Waals surface area contributed by atoms with E-state index >= 15 is 0 Å². The van der Waals surface area contributed by atoms with Gasteiger partial charge in [0.15, 0.2) is 0 Å². The second kappa shape index (κ2) is 8.22. The lowest BCUT2D eigenvalue weighted by atomic mass is 9.79. The first-order valence-electron chi connectivity index (χ1n) is 11.6. The van der Waals surface area contributed by atoms with E-state index in [1.54, 1.807) is 6.07 Å². The maximum Gasteiger partial charge on any atom is 0.416 e. The number of likely N-dealkylation sites (tertiary alicyclic amines) is 1. The number of aryl methyl sites for hydroxylation is 1. The van der Waals surface area contributed by atoms with Gasteiger partial charge in [-0.1, -0.05) is 12.1 Å². The van der Waals surface area contributed by atoms with Crippen LogP contribution in [0, 0.1) is 11.8 Å². The van der Waals surface area contributed by atoms with E-state index < -0.39 is 11.7 Å². The maximum absolute atomic E-state index is 13.9. The number of amides is 1. The number of nitrogens with zero attached hydrogens (tertiary/aromatic N) is 2. The van der Waals surface area contributed by atoms with Crippen LogP contribution < -0.4 is 10.5 Å². The Morgan fingerprint density at radius 2 is 2.00 bits per heavy atom. The summed E-state index contributed by atoms with van der Waals surface area (Å²) in [7, 11) is 0. The molecular formula is C25H28F3N3O2. The Bertz CT molecular complexity index is 1070. The topological polar surface area (TPSA) is 68.5 Å². The van der Waals surface area contributed by atoms with E-state index in [0.717, 1.165) is 55.5 Å². The lowest BCUT2D eigenvalue weighted by Crippen LogP contribution is -2.52. The third kappa shape index (κ3) is 4.04. The van der Waals surface area contributed by atoms with E-state index in [0.29, 0.717) is 24.4 Å². The molecule has 1 fully saturated rings. The number of anilines is 1. The second-order valence-electron chi connectivity index (χ2n) is 9.57. The molecule has 1 amide bonds. The number of carbonyl (C=O) groups is 1. The van der Waals surface area contributed by atoms with E-state index in [1.165, 1.54) is 6.07 Å². The van der Waals surface area contributed by atoms with Crippen molar-refractivity contribution >= 4 is 11.7 Å². The lowest BCUT2D eigenvalue weighted by Gasteiger charge is -2.49. The summed E-state index contributed by atoms with van der Waals surface area (Å²) in [6.45, 7) is 2.37. The van der Waals surface area contributed by atoms with Crippen molar-refractivity contribution < 1.29 is 22.7 Å². The van der Waals surface area contributed by atoms with Gasteiger partial charge in [-0.2, -0.15) is 13.2 Å². The number of halogens is 3. The van der Waals surface area contributed by atoms with Gasteiger partial charge in [0.2, 0.25) is 5.91 Å². The van der Waals surface area contributed by atoms with E-state index in [9.17, 15) is 18.0 Å². The Kier molecular flexibility index (Phi) is 5.49. The molecule has 2 aliphatic heterocycles. The number of alkyl halides is 3. The Labute approximate surface area is 191 Å². The van der Waals surface area contributed by atoms with Crippen LogP contribution in [-0.4, -0.2) is 28.4 Å². The van der Waals surface area contributed by atoms with Gasteiger partial charge in [0.1, 0.15) is 11.6 Å². The lowest BCUT2D eigenvalue weighted by molar-refractivity contribution is -0.146. The van der Waals surface area contributed by atoms with Gasteiger partial charge in [0, 0.05) is 29.1 Å². The fourth-order valence-corrected chi connectivity index (χ4v) is 5.72. The summed E-state index contributed by atoms with van der Waals surface area (Å²) in [5, 5.41) is 0. The number of nitrogen functional groups attached to an aromatic ring is 1. The fraction of sp³-hybridized carbons (Fsp3) is 0.520. The van der Waals surface area contributed by atoms with Gasteiger partial charge in [-0.05, 0) is 69.2 Å². The molecule has 2 N–H and O–H groups in total. The van der Waals surface area contributed by atoms with Gasteiger partial charge in [-0.15, -0.1) is 0 Å². The van der Waals surface area contributed by atoms with E-state index in [1.807, 2.05) is 17.9 Å². The summed E-state index contributed by atoms with van der Waals surface area (Å²) >= 11 is 0. The molecule has 3 aliphatic rings. The highest BCUT2D eigenvalue weighted by atomic mass is 19.4. The summed E-state index contributed by atoms with van der Waals surface area (Å²) in [6.07, 6.45) is 0.314. The molecule has 0 bridgehead atoms. The molecule has 1 aliphatic carbocycles. The highest BCUT2D eigenvalue weighted by Crippen LogP contribution is 2.48. The smallest absolute Gasteiger partial charge is 0.416 e. The van der Waals surface area contributed by atoms with Crippen molar-refractivity contribution in [3.63, 3.8) is 0 Å². The van der Waals surface area contributed by atoms with Crippen LogP contribution in [0.25, 0.3) is 0 Å². The van der Waals surface area contributed by atoms with E-state index in [4.69, 9.17) is 10.5 Å². The van der Waals surface area contributed by atoms with Gasteiger partial charge in [0.25, 0.3) is 0 Å². The maximum atomic E-state index is 13.9. The van der Waals surface area contributed by atoms with Gasteiger partial charge < -0.3 is 15.4 Å². The predicted octanol–water partition coefficient (Wildman–Crippen LogP) is 4.94. The standard InChI is InChI=1S/C25H28F3N3O2/c1-14-5-6-17-13-33-21-12-18(25(26,27)28)8-9-19(21)23(17)31(14)24(32)16-3-2-4-20-15(11-16)7-10-22(29)30-20/h7-10,12,14,16-17,23H,2-6,11,13H2,1H3,(H2,29,30)/t14-,16?,17-,23-/m1/s1. The zero-order chi connectivity index (χ0) is 23.3. The van der Waals surface area contributed by atoms with Crippen LogP contribution in [0.4, 0.5) is 19.0 Å². The molecule has 1 saturated heterocycles. The molecule has 2 aromatic rings. The van der Waals surface area contributed by atoms with Gasteiger partial charge in [-0.25, -0.2) is 4.98 Å². The van der Waals surface area contributed by atoms with Crippen molar-refractivity contribution in [3.8, 4) is 5.75 Å². The molecule has 5 rings (SSSR count). The monoisotopic (exact) mass is 459 g/mol. The highest BCUT2D eigenvalue weighted by molar-refractivity contribution is 5.80. The third-order valence-corrected chi connectivity index (χ3v) is 7.41.